The molecule has 0 saturated heterocycles. The van der Waals surface area contributed by atoms with Crippen molar-refractivity contribution in [3.05, 3.63) is 65.7 Å². The number of pyridine rings is 1. The zero-order chi connectivity index (χ0) is 14.3. The topological polar surface area (TPSA) is 59.1 Å². The Morgan fingerprint density at radius 1 is 1.05 bits per heavy atom. The lowest BCUT2D eigenvalue weighted by molar-refractivity contribution is 0.183. The van der Waals surface area contributed by atoms with Crippen LogP contribution in [0.1, 0.15) is 5.56 Å². The fraction of sp³-hybridized carbons (Fsp3) is 0.0667. The Morgan fingerprint density at radius 2 is 1.90 bits per heavy atom. The smallest absolute Gasteiger partial charge is 0.250 e. The fourth-order valence-corrected chi connectivity index (χ4v) is 2.32. The van der Waals surface area contributed by atoms with Crippen molar-refractivity contribution in [3.63, 3.8) is 0 Å². The predicted molar refractivity (Wildman–Crippen MR) is 83.5 cm³/mol. The molecule has 0 amide bonds. The quantitative estimate of drug-likeness (QED) is 0.683. The minimum atomic E-state index is 0.536. The van der Waals surface area contributed by atoms with Gasteiger partial charge in [-0.2, -0.15) is 10.5 Å². The number of hydroxylamine groups is 1. The molecule has 0 aliphatic heterocycles. The SMILES string of the molecule is c1ccc(CNOc2csc(Nc3ccccn3)n2)cc1. The average Bonchev–Trinajstić information content (AvgIpc) is 2.97. The Bertz CT molecular complexity index is 672. The first kappa shape index (κ1) is 13.5. The molecule has 0 aliphatic carbocycles. The van der Waals surface area contributed by atoms with Gasteiger partial charge in [-0.1, -0.05) is 36.4 Å². The number of nitrogens with one attached hydrogen (secondary N) is 2. The van der Waals surface area contributed by atoms with Gasteiger partial charge in [-0.15, -0.1) is 11.3 Å². The van der Waals surface area contributed by atoms with Crippen molar-refractivity contribution in [2.45, 2.75) is 6.54 Å². The molecule has 2 aromatic heterocycles. The maximum atomic E-state index is 5.42. The third-order valence-corrected chi connectivity index (χ3v) is 3.41. The van der Waals surface area contributed by atoms with Crippen LogP contribution in [0, 0.1) is 0 Å². The lowest BCUT2D eigenvalue weighted by atomic mass is 10.2. The molecule has 0 fully saturated rings. The van der Waals surface area contributed by atoms with E-state index >= 15 is 0 Å². The first-order chi connectivity index (χ1) is 10.4. The zero-order valence-electron chi connectivity index (χ0n) is 11.2. The summed E-state index contributed by atoms with van der Waals surface area (Å²) >= 11 is 1.46. The summed E-state index contributed by atoms with van der Waals surface area (Å²) in [6.45, 7) is 0.626. The van der Waals surface area contributed by atoms with Gasteiger partial charge in [0.2, 0.25) is 0 Å². The van der Waals surface area contributed by atoms with Crippen molar-refractivity contribution in [1.29, 1.82) is 0 Å². The van der Waals surface area contributed by atoms with Crippen LogP contribution in [0.15, 0.2) is 60.1 Å². The van der Waals surface area contributed by atoms with Gasteiger partial charge >= 0.3 is 0 Å². The van der Waals surface area contributed by atoms with Crippen LogP contribution >= 0.6 is 11.3 Å². The molecule has 1 aromatic carbocycles. The number of aromatic nitrogens is 2. The number of benzene rings is 1. The maximum absolute atomic E-state index is 5.42. The highest BCUT2D eigenvalue weighted by Crippen LogP contribution is 2.23. The zero-order valence-corrected chi connectivity index (χ0v) is 12.0. The summed E-state index contributed by atoms with van der Waals surface area (Å²) in [6, 6.07) is 15.7. The van der Waals surface area contributed by atoms with Gasteiger partial charge in [-0.3, -0.25) is 0 Å². The molecular formula is C15H14N4OS. The Labute approximate surface area is 126 Å². The number of hydrogen-bond acceptors (Lipinski definition) is 6. The van der Waals surface area contributed by atoms with Gasteiger partial charge < -0.3 is 10.2 Å². The molecule has 0 unspecified atom stereocenters. The van der Waals surface area contributed by atoms with E-state index in [9.17, 15) is 0 Å². The number of rotatable bonds is 6. The lowest BCUT2D eigenvalue weighted by Crippen LogP contribution is -2.17. The molecule has 0 saturated carbocycles. The van der Waals surface area contributed by atoms with Gasteiger partial charge in [0.05, 0.1) is 11.9 Å². The minimum Gasteiger partial charge on any atom is -0.387 e. The third kappa shape index (κ3) is 4.01. The minimum absolute atomic E-state index is 0.536. The second-order valence-corrected chi connectivity index (χ2v) is 5.10. The van der Waals surface area contributed by atoms with E-state index in [1.54, 1.807) is 6.20 Å². The van der Waals surface area contributed by atoms with Crippen molar-refractivity contribution < 1.29 is 4.84 Å². The van der Waals surface area contributed by atoms with E-state index in [0.29, 0.717) is 12.4 Å². The van der Waals surface area contributed by atoms with Crippen molar-refractivity contribution in [2.24, 2.45) is 0 Å². The van der Waals surface area contributed by atoms with E-state index in [1.165, 1.54) is 11.3 Å². The largest absolute Gasteiger partial charge is 0.387 e. The van der Waals surface area contributed by atoms with Crippen molar-refractivity contribution in [3.8, 4) is 5.88 Å². The summed E-state index contributed by atoms with van der Waals surface area (Å²) in [5.41, 5.74) is 4.05. The van der Waals surface area contributed by atoms with Gasteiger partial charge in [0.1, 0.15) is 5.82 Å². The highest BCUT2D eigenvalue weighted by Gasteiger charge is 2.03. The second kappa shape index (κ2) is 6.83. The first-order valence-electron chi connectivity index (χ1n) is 6.47. The molecule has 0 spiro atoms. The number of thiazole rings is 1. The summed E-state index contributed by atoms with van der Waals surface area (Å²) in [7, 11) is 0. The van der Waals surface area contributed by atoms with Crippen LogP contribution in [0.2, 0.25) is 0 Å². The molecule has 6 heteroatoms. The lowest BCUT2D eigenvalue weighted by Gasteiger charge is -2.04. The molecule has 0 atom stereocenters. The molecule has 3 aromatic rings. The number of nitrogens with zero attached hydrogens (tertiary/aromatic N) is 2. The molecule has 21 heavy (non-hydrogen) atoms. The molecule has 106 valence electrons. The van der Waals surface area contributed by atoms with E-state index in [1.807, 2.05) is 53.9 Å². The summed E-state index contributed by atoms with van der Waals surface area (Å²) in [5.74, 6) is 1.30. The van der Waals surface area contributed by atoms with Crippen LogP contribution in [-0.2, 0) is 6.54 Å². The van der Waals surface area contributed by atoms with Crippen molar-refractivity contribution in [1.82, 2.24) is 15.4 Å². The Morgan fingerprint density at radius 3 is 2.71 bits per heavy atom. The second-order valence-electron chi connectivity index (χ2n) is 4.24. The van der Waals surface area contributed by atoms with E-state index < -0.39 is 0 Å². The van der Waals surface area contributed by atoms with Gasteiger partial charge in [0.25, 0.3) is 5.88 Å². The van der Waals surface area contributed by atoms with E-state index in [-0.39, 0.29) is 0 Å². The van der Waals surface area contributed by atoms with Crippen LogP contribution in [0.25, 0.3) is 0 Å². The molecule has 2 heterocycles. The Balaban J connectivity index is 1.51. The molecule has 0 radical (unpaired) electrons. The maximum Gasteiger partial charge on any atom is 0.250 e. The van der Waals surface area contributed by atoms with E-state index in [4.69, 9.17) is 4.84 Å². The summed E-state index contributed by atoms with van der Waals surface area (Å²) in [5, 5.41) is 5.70. The Hall–Kier alpha value is -2.44. The monoisotopic (exact) mass is 298 g/mol. The van der Waals surface area contributed by atoms with Gasteiger partial charge in [0, 0.05) is 6.20 Å². The molecule has 3 rings (SSSR count). The average molecular weight is 298 g/mol. The summed E-state index contributed by atoms with van der Waals surface area (Å²) < 4.78 is 0. The van der Waals surface area contributed by atoms with Crippen LogP contribution in [0.5, 0.6) is 5.88 Å². The molecule has 0 aliphatic rings. The fourth-order valence-electron chi connectivity index (χ4n) is 1.70. The van der Waals surface area contributed by atoms with Crippen LogP contribution in [-0.4, -0.2) is 9.97 Å². The predicted octanol–water partition coefficient (Wildman–Crippen LogP) is 3.37. The van der Waals surface area contributed by atoms with Gasteiger partial charge in [-0.25, -0.2) is 4.98 Å². The summed E-state index contributed by atoms with van der Waals surface area (Å²) in [6.07, 6.45) is 1.73. The van der Waals surface area contributed by atoms with Crippen LogP contribution in [0.3, 0.4) is 0 Å². The standard InChI is InChI=1S/C15H14N4OS/c1-2-6-12(7-3-1)10-17-20-14-11-21-15(19-14)18-13-8-4-5-9-16-13/h1-9,11,17H,10H2,(H,16,18,19). The molecule has 2 N–H and O–H groups in total. The number of anilines is 2. The normalized spacial score (nSPS) is 10.3. The summed E-state index contributed by atoms with van der Waals surface area (Å²) in [4.78, 5) is 13.9. The highest BCUT2D eigenvalue weighted by molar-refractivity contribution is 7.13. The Kier molecular flexibility index (Phi) is 4.40. The molecular weight excluding hydrogens is 284 g/mol. The van der Waals surface area contributed by atoms with Crippen molar-refractivity contribution >= 4 is 22.3 Å². The highest BCUT2D eigenvalue weighted by atomic mass is 32.1. The van der Waals surface area contributed by atoms with Crippen molar-refractivity contribution in [2.75, 3.05) is 5.32 Å². The van der Waals surface area contributed by atoms with E-state index in [0.717, 1.165) is 16.5 Å². The van der Waals surface area contributed by atoms with Gasteiger partial charge in [-0.05, 0) is 17.7 Å². The van der Waals surface area contributed by atoms with E-state index in [2.05, 4.69) is 20.8 Å². The number of hydrogen-bond donors (Lipinski definition) is 2. The van der Waals surface area contributed by atoms with Crippen LogP contribution < -0.4 is 15.6 Å². The molecule has 0 bridgehead atoms. The first-order valence-corrected chi connectivity index (χ1v) is 7.35. The molecule has 5 nitrogen and oxygen atoms in total. The third-order valence-electron chi connectivity index (χ3n) is 2.68. The van der Waals surface area contributed by atoms with Crippen LogP contribution in [0.4, 0.5) is 10.9 Å². The van der Waals surface area contributed by atoms with Gasteiger partial charge in [0.15, 0.2) is 5.13 Å².